The summed E-state index contributed by atoms with van der Waals surface area (Å²) in [6, 6.07) is 6.92. The fraction of sp³-hybridized carbons (Fsp3) is 0.385. The molecule has 1 fully saturated rings. The molecule has 5 heteroatoms. The van der Waals surface area contributed by atoms with Crippen LogP contribution in [0.25, 0.3) is 0 Å². The molecule has 1 aliphatic heterocycles. The van der Waals surface area contributed by atoms with Crippen LogP contribution in [0.1, 0.15) is 18.4 Å². The number of benzene rings is 1. The summed E-state index contributed by atoms with van der Waals surface area (Å²) in [5.41, 5.74) is 6.13. The molecule has 0 unspecified atom stereocenters. The fourth-order valence-electron chi connectivity index (χ4n) is 2.19. The van der Waals surface area contributed by atoms with E-state index in [1.54, 1.807) is 18.2 Å². The first kappa shape index (κ1) is 12.8. The molecule has 1 heterocycles. The molecule has 4 nitrogen and oxygen atoms in total. The molecular weight excluding hydrogens is 248 g/mol. The summed E-state index contributed by atoms with van der Waals surface area (Å²) < 4.78 is 0. The molecule has 1 saturated heterocycles. The summed E-state index contributed by atoms with van der Waals surface area (Å²) >= 11 is 5.40. The van der Waals surface area contributed by atoms with Crippen LogP contribution in [0.5, 0.6) is 5.75 Å². The number of nitrogens with zero attached hydrogens (tertiary/aromatic N) is 1. The van der Waals surface area contributed by atoms with E-state index < -0.39 is 0 Å². The third-order valence-electron chi connectivity index (χ3n) is 3.28. The second kappa shape index (κ2) is 5.35. The van der Waals surface area contributed by atoms with E-state index in [0.29, 0.717) is 4.99 Å². The molecule has 0 radical (unpaired) electrons. The minimum atomic E-state index is -0.224. The van der Waals surface area contributed by atoms with Crippen LogP contribution in [0.3, 0.4) is 0 Å². The number of nitrogens with two attached hydrogens (primary N) is 1. The number of thiocarbonyl (C=S) groups is 1. The van der Waals surface area contributed by atoms with Crippen molar-refractivity contribution in [1.82, 2.24) is 4.90 Å². The number of phenols is 1. The van der Waals surface area contributed by atoms with Crippen LogP contribution in [-0.2, 0) is 4.79 Å². The average Bonchev–Trinajstić information content (AvgIpc) is 2.38. The van der Waals surface area contributed by atoms with Crippen LogP contribution in [0.15, 0.2) is 24.3 Å². The second-order valence-electron chi connectivity index (χ2n) is 4.52. The average molecular weight is 264 g/mol. The molecule has 1 aromatic rings. The van der Waals surface area contributed by atoms with Crippen molar-refractivity contribution in [2.24, 2.45) is 11.7 Å². The zero-order valence-corrected chi connectivity index (χ0v) is 10.8. The van der Waals surface area contributed by atoms with Crippen molar-refractivity contribution in [3.8, 4) is 5.75 Å². The number of rotatable bonds is 2. The Kier molecular flexibility index (Phi) is 3.81. The highest BCUT2D eigenvalue weighted by atomic mass is 32.1. The van der Waals surface area contributed by atoms with E-state index in [-0.39, 0.29) is 17.6 Å². The van der Waals surface area contributed by atoms with Gasteiger partial charge in [-0.2, -0.15) is 0 Å². The number of likely N-dealkylation sites (tertiary alicyclic amines) is 1. The summed E-state index contributed by atoms with van der Waals surface area (Å²) in [6.07, 6.45) is 1.49. The lowest BCUT2D eigenvalue weighted by Gasteiger charge is -2.32. The molecule has 1 amide bonds. The highest BCUT2D eigenvalue weighted by Crippen LogP contribution is 2.20. The molecule has 0 atom stereocenters. The topological polar surface area (TPSA) is 66.6 Å². The molecule has 1 aromatic carbocycles. The summed E-state index contributed by atoms with van der Waals surface area (Å²) in [5, 5.41) is 9.44. The predicted octanol–water partition coefficient (Wildman–Crippen LogP) is 1.26. The molecule has 0 aromatic heterocycles. The minimum Gasteiger partial charge on any atom is -0.508 e. The van der Waals surface area contributed by atoms with E-state index in [9.17, 15) is 9.90 Å². The van der Waals surface area contributed by atoms with Gasteiger partial charge in [-0.1, -0.05) is 24.4 Å². The normalized spacial score (nSPS) is 16.6. The highest BCUT2D eigenvalue weighted by Gasteiger charge is 2.24. The maximum Gasteiger partial charge on any atom is 0.220 e. The summed E-state index contributed by atoms with van der Waals surface area (Å²) in [7, 11) is 0. The first-order valence-corrected chi connectivity index (χ1v) is 6.36. The van der Waals surface area contributed by atoms with E-state index in [0.717, 1.165) is 31.5 Å². The molecule has 0 spiro atoms. The van der Waals surface area contributed by atoms with Gasteiger partial charge in [-0.25, -0.2) is 0 Å². The van der Waals surface area contributed by atoms with Crippen LogP contribution in [0, 0.1) is 5.92 Å². The third-order valence-corrected chi connectivity index (χ3v) is 3.77. The third kappa shape index (κ3) is 2.79. The minimum absolute atomic E-state index is 0.0340. The van der Waals surface area contributed by atoms with Gasteiger partial charge in [-0.3, -0.25) is 4.79 Å². The number of aromatic hydroxyl groups is 1. The summed E-state index contributed by atoms with van der Waals surface area (Å²) in [4.78, 5) is 13.9. The zero-order valence-electron chi connectivity index (χ0n) is 10.0. The van der Waals surface area contributed by atoms with E-state index >= 15 is 0 Å². The predicted molar refractivity (Wildman–Crippen MR) is 73.3 cm³/mol. The van der Waals surface area contributed by atoms with Crippen LogP contribution in [0.4, 0.5) is 0 Å². The van der Waals surface area contributed by atoms with Crippen LogP contribution in [0.2, 0.25) is 0 Å². The molecule has 2 rings (SSSR count). The largest absolute Gasteiger partial charge is 0.508 e. The Morgan fingerprint density at radius 2 is 2.06 bits per heavy atom. The first-order chi connectivity index (χ1) is 8.58. The van der Waals surface area contributed by atoms with Crippen molar-refractivity contribution in [1.29, 1.82) is 0 Å². The molecule has 3 N–H and O–H groups in total. The summed E-state index contributed by atoms with van der Waals surface area (Å²) in [5.74, 6) is -0.0481. The van der Waals surface area contributed by atoms with Gasteiger partial charge in [-0.05, 0) is 25.0 Å². The maximum atomic E-state index is 11.1. The number of phenolic OH excluding ortho intramolecular Hbond substituents is 1. The van der Waals surface area contributed by atoms with Crippen molar-refractivity contribution in [3.05, 3.63) is 29.8 Å². The molecule has 0 aliphatic carbocycles. The molecule has 96 valence electrons. The lowest BCUT2D eigenvalue weighted by atomic mass is 9.96. The number of carbonyl (C=O) groups excluding carboxylic acids is 1. The van der Waals surface area contributed by atoms with E-state index in [2.05, 4.69) is 4.90 Å². The van der Waals surface area contributed by atoms with Gasteiger partial charge in [0, 0.05) is 24.6 Å². The van der Waals surface area contributed by atoms with Gasteiger partial charge in [0.2, 0.25) is 5.91 Å². The molecular formula is C13H16N2O2S. The van der Waals surface area contributed by atoms with Gasteiger partial charge in [-0.15, -0.1) is 0 Å². The van der Waals surface area contributed by atoms with Crippen LogP contribution < -0.4 is 5.73 Å². The van der Waals surface area contributed by atoms with E-state index in [1.807, 2.05) is 6.07 Å². The van der Waals surface area contributed by atoms with Crippen molar-refractivity contribution in [2.75, 3.05) is 13.1 Å². The van der Waals surface area contributed by atoms with Gasteiger partial charge in [0.1, 0.15) is 10.7 Å². The lowest BCUT2D eigenvalue weighted by molar-refractivity contribution is -0.122. The van der Waals surface area contributed by atoms with E-state index in [4.69, 9.17) is 18.0 Å². The Labute approximate surface area is 111 Å². The van der Waals surface area contributed by atoms with Gasteiger partial charge >= 0.3 is 0 Å². The number of hydrogen-bond donors (Lipinski definition) is 2. The van der Waals surface area contributed by atoms with Gasteiger partial charge in [0.15, 0.2) is 0 Å². The van der Waals surface area contributed by atoms with Crippen molar-refractivity contribution < 1.29 is 9.90 Å². The Hall–Kier alpha value is -1.62. The first-order valence-electron chi connectivity index (χ1n) is 5.95. The Balaban J connectivity index is 2.02. The number of amides is 1. The molecule has 0 bridgehead atoms. The highest BCUT2D eigenvalue weighted by molar-refractivity contribution is 7.80. The molecule has 0 saturated carbocycles. The van der Waals surface area contributed by atoms with Gasteiger partial charge in [0.25, 0.3) is 0 Å². The summed E-state index contributed by atoms with van der Waals surface area (Å²) in [6.45, 7) is 1.48. The zero-order chi connectivity index (χ0) is 13.1. The molecule has 18 heavy (non-hydrogen) atoms. The smallest absolute Gasteiger partial charge is 0.220 e. The van der Waals surface area contributed by atoms with Crippen molar-refractivity contribution >= 4 is 23.1 Å². The quantitative estimate of drug-likeness (QED) is 0.789. The number of primary amides is 1. The Morgan fingerprint density at radius 1 is 1.39 bits per heavy atom. The maximum absolute atomic E-state index is 11.1. The van der Waals surface area contributed by atoms with Gasteiger partial charge < -0.3 is 15.7 Å². The Morgan fingerprint density at radius 3 is 2.61 bits per heavy atom. The fourth-order valence-corrected chi connectivity index (χ4v) is 2.50. The monoisotopic (exact) mass is 264 g/mol. The Bertz CT molecular complexity index is 468. The SMILES string of the molecule is NC(=O)C1CCN(C(=S)c2cccc(O)c2)CC1. The number of carbonyl (C=O) groups is 1. The molecule has 1 aliphatic rings. The van der Waals surface area contributed by atoms with Crippen molar-refractivity contribution in [3.63, 3.8) is 0 Å². The van der Waals surface area contributed by atoms with Crippen molar-refractivity contribution in [2.45, 2.75) is 12.8 Å². The van der Waals surface area contributed by atoms with Crippen LogP contribution in [-0.4, -0.2) is 34.0 Å². The number of hydrogen-bond acceptors (Lipinski definition) is 3. The second-order valence-corrected chi connectivity index (χ2v) is 4.91. The standard InChI is InChI=1S/C13H16N2O2S/c14-12(17)9-4-6-15(7-5-9)13(18)10-2-1-3-11(16)8-10/h1-3,8-9,16H,4-7H2,(H2,14,17). The lowest BCUT2D eigenvalue weighted by Crippen LogP contribution is -2.41. The van der Waals surface area contributed by atoms with Gasteiger partial charge in [0.05, 0.1) is 0 Å². The van der Waals surface area contributed by atoms with E-state index in [1.165, 1.54) is 0 Å². The van der Waals surface area contributed by atoms with Crippen LogP contribution >= 0.6 is 12.2 Å². The number of piperidine rings is 1.